The van der Waals surface area contributed by atoms with Gasteiger partial charge in [-0.2, -0.15) is 0 Å². The van der Waals surface area contributed by atoms with E-state index in [1.165, 1.54) is 66.3 Å². The highest BCUT2D eigenvalue weighted by molar-refractivity contribution is 6.22. The molecular weight excluding hydrogens is 506 g/mol. The Morgan fingerprint density at radius 1 is 0.429 bits per heavy atom. The van der Waals surface area contributed by atoms with E-state index < -0.39 is 0 Å². The molecule has 0 bridgehead atoms. The minimum atomic E-state index is -0.0853. The molecule has 42 heavy (non-hydrogen) atoms. The molecule has 0 spiro atoms. The molecule has 0 N–H and O–H groups in total. The number of para-hydroxylation sites is 1. The van der Waals surface area contributed by atoms with E-state index in [9.17, 15) is 0 Å². The monoisotopic (exact) mass is 537 g/mol. The summed E-state index contributed by atoms with van der Waals surface area (Å²) in [5.74, 6) is 0. The van der Waals surface area contributed by atoms with E-state index in [4.69, 9.17) is 0 Å². The zero-order valence-corrected chi connectivity index (χ0v) is 23.9. The van der Waals surface area contributed by atoms with E-state index in [0.717, 1.165) is 5.69 Å². The second-order valence-electron chi connectivity index (χ2n) is 11.8. The molecule has 1 aliphatic rings. The maximum absolute atomic E-state index is 2.48. The van der Waals surface area contributed by atoms with Crippen molar-refractivity contribution in [2.24, 2.45) is 0 Å². The number of fused-ring (bicyclic) bond motifs is 6. The normalized spacial score (nSPS) is 13.2. The summed E-state index contributed by atoms with van der Waals surface area (Å²) < 4.78 is 0. The summed E-state index contributed by atoms with van der Waals surface area (Å²) in [6.45, 7) is 4.71. The van der Waals surface area contributed by atoms with Gasteiger partial charge in [-0.15, -0.1) is 0 Å². The van der Waals surface area contributed by atoms with Crippen LogP contribution in [0.15, 0.2) is 152 Å². The van der Waals surface area contributed by atoms with E-state index in [2.05, 4.69) is 170 Å². The van der Waals surface area contributed by atoms with Crippen LogP contribution >= 0.6 is 0 Å². The van der Waals surface area contributed by atoms with Gasteiger partial charge in [0.25, 0.3) is 0 Å². The fourth-order valence-corrected chi connectivity index (χ4v) is 7.07. The minimum absolute atomic E-state index is 0.0853. The Morgan fingerprint density at radius 3 is 1.71 bits per heavy atom. The van der Waals surface area contributed by atoms with E-state index in [-0.39, 0.29) is 5.41 Å². The molecule has 8 rings (SSSR count). The summed E-state index contributed by atoms with van der Waals surface area (Å²) in [6.07, 6.45) is 0. The van der Waals surface area contributed by atoms with Gasteiger partial charge in [0.2, 0.25) is 0 Å². The number of hydrogen-bond acceptors (Lipinski definition) is 1. The second kappa shape index (κ2) is 9.46. The first-order valence-corrected chi connectivity index (χ1v) is 14.7. The third-order valence-electron chi connectivity index (χ3n) is 9.03. The zero-order valence-electron chi connectivity index (χ0n) is 23.9. The van der Waals surface area contributed by atoms with Crippen molar-refractivity contribution in [1.29, 1.82) is 0 Å². The maximum Gasteiger partial charge on any atom is 0.0624 e. The molecule has 7 aromatic rings. The first-order valence-electron chi connectivity index (χ1n) is 14.7. The number of anilines is 3. The number of benzene rings is 7. The predicted octanol–water partition coefficient (Wildman–Crippen LogP) is 11.4. The third-order valence-corrected chi connectivity index (χ3v) is 9.03. The average molecular weight is 538 g/mol. The largest absolute Gasteiger partial charge is 0.309 e. The Morgan fingerprint density at radius 2 is 0.976 bits per heavy atom. The highest BCUT2D eigenvalue weighted by Crippen LogP contribution is 2.53. The van der Waals surface area contributed by atoms with Crippen LogP contribution in [-0.2, 0) is 5.41 Å². The van der Waals surface area contributed by atoms with Crippen molar-refractivity contribution in [3.05, 3.63) is 163 Å². The Labute approximate surface area is 247 Å². The smallest absolute Gasteiger partial charge is 0.0624 e. The predicted molar refractivity (Wildman–Crippen MR) is 179 cm³/mol. The molecule has 1 aliphatic carbocycles. The third kappa shape index (κ3) is 3.63. The van der Waals surface area contributed by atoms with Gasteiger partial charge in [-0.05, 0) is 68.2 Å². The summed E-state index contributed by atoms with van der Waals surface area (Å²) in [7, 11) is 0. The topological polar surface area (TPSA) is 3.24 Å². The van der Waals surface area contributed by atoms with Gasteiger partial charge in [-0.1, -0.05) is 141 Å². The van der Waals surface area contributed by atoms with Gasteiger partial charge >= 0.3 is 0 Å². The Balaban J connectivity index is 1.50. The Bertz CT molecular complexity index is 2110. The van der Waals surface area contributed by atoms with Crippen LogP contribution in [0.25, 0.3) is 43.8 Å². The van der Waals surface area contributed by atoms with Crippen molar-refractivity contribution in [3.63, 3.8) is 0 Å². The number of hydrogen-bond donors (Lipinski definition) is 0. The molecule has 0 aromatic heterocycles. The summed E-state index contributed by atoms with van der Waals surface area (Å²) >= 11 is 0. The Kier molecular flexibility index (Phi) is 5.55. The van der Waals surface area contributed by atoms with Crippen molar-refractivity contribution in [1.82, 2.24) is 0 Å². The van der Waals surface area contributed by atoms with Gasteiger partial charge in [0, 0.05) is 27.7 Å². The average Bonchev–Trinajstić information content (AvgIpc) is 3.28. The van der Waals surface area contributed by atoms with Gasteiger partial charge in [-0.25, -0.2) is 0 Å². The van der Waals surface area contributed by atoms with E-state index in [1.807, 2.05) is 0 Å². The lowest BCUT2D eigenvalue weighted by atomic mass is 9.82. The first-order chi connectivity index (χ1) is 20.6. The lowest BCUT2D eigenvalue weighted by Crippen LogP contribution is -2.17. The summed E-state index contributed by atoms with van der Waals surface area (Å²) in [5, 5.41) is 5.03. The SMILES string of the molecule is CC1(C)c2ccccc2-c2ccc(N(c3ccccc3)c3c(-c4ccccc4)c4ccccc4c4ccccc34)cc21. The van der Waals surface area contributed by atoms with Gasteiger partial charge in [0.15, 0.2) is 0 Å². The maximum atomic E-state index is 2.48. The van der Waals surface area contributed by atoms with Crippen molar-refractivity contribution < 1.29 is 0 Å². The van der Waals surface area contributed by atoms with Crippen LogP contribution < -0.4 is 4.90 Å². The lowest BCUT2D eigenvalue weighted by Gasteiger charge is -2.31. The van der Waals surface area contributed by atoms with Gasteiger partial charge in [0.05, 0.1) is 5.69 Å². The molecule has 1 heteroatoms. The molecule has 7 aromatic carbocycles. The van der Waals surface area contributed by atoms with Gasteiger partial charge < -0.3 is 4.90 Å². The fourth-order valence-electron chi connectivity index (χ4n) is 7.07. The van der Waals surface area contributed by atoms with Crippen LogP contribution in [0.3, 0.4) is 0 Å². The molecule has 1 nitrogen and oxygen atoms in total. The Hall–Kier alpha value is -5.14. The minimum Gasteiger partial charge on any atom is -0.309 e. The zero-order chi connectivity index (χ0) is 28.3. The van der Waals surface area contributed by atoms with Gasteiger partial charge in [0.1, 0.15) is 0 Å². The van der Waals surface area contributed by atoms with Crippen molar-refractivity contribution in [2.45, 2.75) is 19.3 Å². The molecule has 0 unspecified atom stereocenters. The van der Waals surface area contributed by atoms with Crippen molar-refractivity contribution in [2.75, 3.05) is 4.90 Å². The molecule has 0 saturated carbocycles. The molecule has 0 heterocycles. The fraction of sp³-hybridized carbons (Fsp3) is 0.0732. The highest BCUT2D eigenvalue weighted by atomic mass is 15.1. The van der Waals surface area contributed by atoms with E-state index in [0.29, 0.717) is 0 Å². The van der Waals surface area contributed by atoms with Crippen LogP contribution in [0.1, 0.15) is 25.0 Å². The second-order valence-corrected chi connectivity index (χ2v) is 11.8. The van der Waals surface area contributed by atoms with Crippen LogP contribution in [0, 0.1) is 0 Å². The van der Waals surface area contributed by atoms with Crippen molar-refractivity contribution in [3.8, 4) is 22.3 Å². The summed E-state index contributed by atoms with van der Waals surface area (Å²) in [4.78, 5) is 2.48. The molecule has 200 valence electrons. The van der Waals surface area contributed by atoms with Crippen LogP contribution in [-0.4, -0.2) is 0 Å². The highest BCUT2D eigenvalue weighted by Gasteiger charge is 2.36. The van der Waals surface area contributed by atoms with Crippen LogP contribution in [0.2, 0.25) is 0 Å². The van der Waals surface area contributed by atoms with E-state index in [1.54, 1.807) is 0 Å². The molecule has 0 amide bonds. The molecule has 0 aliphatic heterocycles. The van der Waals surface area contributed by atoms with Gasteiger partial charge in [-0.3, -0.25) is 0 Å². The molecule has 0 radical (unpaired) electrons. The standard InChI is InChI=1S/C41H31N/c1-41(2)37-24-14-13-21-33(37)34-26-25-30(27-38(34)41)42(29-17-7-4-8-18-29)40-36-23-12-10-20-32(36)31-19-9-11-22-35(31)39(40)28-15-5-3-6-16-28/h3-27H,1-2H3. The quantitative estimate of drug-likeness (QED) is 0.202. The van der Waals surface area contributed by atoms with Crippen LogP contribution in [0.5, 0.6) is 0 Å². The number of rotatable bonds is 4. The molecule has 0 atom stereocenters. The first kappa shape index (κ1) is 24.6. The number of nitrogens with zero attached hydrogens (tertiary/aromatic N) is 1. The molecule has 0 fully saturated rings. The summed E-state index contributed by atoms with van der Waals surface area (Å²) in [5.41, 5.74) is 11.3. The summed E-state index contributed by atoms with van der Waals surface area (Å²) in [6, 6.07) is 55.4. The lowest BCUT2D eigenvalue weighted by molar-refractivity contribution is 0.660. The molecular formula is C41H31N. The van der Waals surface area contributed by atoms with Crippen molar-refractivity contribution >= 4 is 38.6 Å². The van der Waals surface area contributed by atoms with Crippen LogP contribution in [0.4, 0.5) is 17.1 Å². The molecule has 0 saturated heterocycles. The van der Waals surface area contributed by atoms with E-state index >= 15 is 0 Å².